The fourth-order valence-corrected chi connectivity index (χ4v) is 3.58. The molecular weight excluding hydrogens is 399 g/mol. The van der Waals surface area contributed by atoms with E-state index in [-0.39, 0.29) is 12.6 Å². The molecule has 1 aliphatic heterocycles. The molecule has 0 aliphatic carbocycles. The van der Waals surface area contributed by atoms with Gasteiger partial charge in [-0.2, -0.15) is 21.6 Å². The van der Waals surface area contributed by atoms with Crippen LogP contribution in [0.25, 0.3) is 10.9 Å². The molecule has 7 nitrogen and oxygen atoms in total. The third kappa shape index (κ3) is 4.10. The normalized spacial score (nSPS) is 21.1. The molecule has 11 heteroatoms. The third-order valence-corrected chi connectivity index (χ3v) is 5.27. The van der Waals surface area contributed by atoms with Crippen molar-refractivity contribution in [1.82, 2.24) is 4.98 Å². The van der Waals surface area contributed by atoms with E-state index in [0.717, 1.165) is 11.1 Å². The zero-order valence-electron chi connectivity index (χ0n) is 14.9. The summed E-state index contributed by atoms with van der Waals surface area (Å²) >= 11 is 0. The van der Waals surface area contributed by atoms with Crippen molar-refractivity contribution >= 4 is 39.1 Å². The molecule has 2 aromatic rings. The van der Waals surface area contributed by atoms with Crippen molar-refractivity contribution < 1.29 is 30.5 Å². The molecule has 0 saturated carbocycles. The number of fused-ring (bicyclic) bond motifs is 1. The van der Waals surface area contributed by atoms with E-state index in [1.807, 2.05) is 17.0 Å². The van der Waals surface area contributed by atoms with Gasteiger partial charge >= 0.3 is 15.6 Å². The lowest BCUT2D eigenvalue weighted by Crippen LogP contribution is -2.49. The number of rotatable bonds is 5. The van der Waals surface area contributed by atoms with E-state index >= 15 is 0 Å². The van der Waals surface area contributed by atoms with E-state index in [9.17, 15) is 21.6 Å². The Bertz CT molecular complexity index is 981. The van der Waals surface area contributed by atoms with Gasteiger partial charge in [0.25, 0.3) is 0 Å². The van der Waals surface area contributed by atoms with Crippen LogP contribution in [0.5, 0.6) is 0 Å². The minimum Gasteiger partial charge on any atom is -0.369 e. The molecule has 1 aromatic carbocycles. The molecule has 28 heavy (non-hydrogen) atoms. The van der Waals surface area contributed by atoms with E-state index < -0.39 is 28.3 Å². The average Bonchev–Trinajstić information content (AvgIpc) is 2.64. The second kappa shape index (κ2) is 7.64. The van der Waals surface area contributed by atoms with Gasteiger partial charge in [-0.1, -0.05) is 0 Å². The predicted octanol–water partition coefficient (Wildman–Crippen LogP) is 3.03. The van der Waals surface area contributed by atoms with Crippen LogP contribution < -0.4 is 4.90 Å². The summed E-state index contributed by atoms with van der Waals surface area (Å²) in [6, 6.07) is 7.18. The third-order valence-electron chi connectivity index (χ3n) is 4.26. The Labute approximate surface area is 159 Å². The van der Waals surface area contributed by atoms with Gasteiger partial charge < -0.3 is 9.64 Å². The summed E-state index contributed by atoms with van der Waals surface area (Å²) < 4.78 is 69.4. The summed E-state index contributed by atoms with van der Waals surface area (Å²) in [5.74, 6) is 0. The molecule has 1 aliphatic rings. The summed E-state index contributed by atoms with van der Waals surface area (Å²) in [5.41, 5.74) is -3.43. The number of nitrogens with zero attached hydrogens (tertiary/aromatic N) is 3. The topological polar surface area (TPSA) is 81.1 Å². The van der Waals surface area contributed by atoms with Gasteiger partial charge in [0, 0.05) is 30.4 Å². The number of anilines is 1. The largest absolute Gasteiger partial charge is 0.523 e. The minimum absolute atomic E-state index is 0.155. The van der Waals surface area contributed by atoms with Gasteiger partial charge in [0.1, 0.15) is 6.10 Å². The lowest BCUT2D eigenvalue weighted by molar-refractivity contribution is -0.0656. The molecule has 1 saturated heterocycles. The highest BCUT2D eigenvalue weighted by Gasteiger charge is 2.47. The lowest BCUT2D eigenvalue weighted by Gasteiger charge is -2.38. The number of morpholine rings is 1. The van der Waals surface area contributed by atoms with Crippen LogP contribution in [0.1, 0.15) is 6.92 Å². The number of alkyl halides is 3. The van der Waals surface area contributed by atoms with Gasteiger partial charge in [-0.15, -0.1) is 0 Å². The van der Waals surface area contributed by atoms with Crippen molar-refractivity contribution in [3.05, 3.63) is 30.5 Å². The first-order valence-corrected chi connectivity index (χ1v) is 9.74. The molecular formula is C17H18F3N3O4S. The molecule has 0 spiro atoms. The number of pyridine rings is 1. The summed E-state index contributed by atoms with van der Waals surface area (Å²) in [5, 5.41) is 0.795. The molecule has 2 heterocycles. The quantitative estimate of drug-likeness (QED) is 0.423. The smallest absolute Gasteiger partial charge is 0.369 e. The number of hydrogen-bond donors (Lipinski definition) is 0. The van der Waals surface area contributed by atoms with Crippen LogP contribution >= 0.6 is 0 Å². The molecule has 1 fully saturated rings. The van der Waals surface area contributed by atoms with Crippen LogP contribution in [0.3, 0.4) is 0 Å². The number of ether oxygens (including phenoxy) is 1. The van der Waals surface area contributed by atoms with Crippen molar-refractivity contribution in [2.75, 3.05) is 24.6 Å². The first-order chi connectivity index (χ1) is 13.1. The Morgan fingerprint density at radius 2 is 2.11 bits per heavy atom. The van der Waals surface area contributed by atoms with Crippen molar-refractivity contribution in [1.29, 1.82) is 0 Å². The number of hydrogen-bond acceptors (Lipinski definition) is 7. The van der Waals surface area contributed by atoms with E-state index in [1.54, 1.807) is 25.3 Å². The van der Waals surface area contributed by atoms with E-state index in [2.05, 4.69) is 20.9 Å². The monoisotopic (exact) mass is 417 g/mol. The zero-order chi connectivity index (χ0) is 20.5. The number of halogens is 3. The Kier molecular flexibility index (Phi) is 5.60. The molecule has 2 atom stereocenters. The fraction of sp³-hybridized carbons (Fsp3) is 0.412. The van der Waals surface area contributed by atoms with E-state index in [4.69, 9.17) is 4.74 Å². The number of benzene rings is 1. The zero-order valence-corrected chi connectivity index (χ0v) is 15.7. The molecule has 0 amide bonds. The Morgan fingerprint density at radius 3 is 2.79 bits per heavy atom. The molecule has 0 N–H and O–H groups in total. The SMILES string of the molecule is C=Nc1ccc(N2C[C@H](COS(=O)(=O)C(F)(F)F)O[C@H](C)C2)c2cccnc12. The summed E-state index contributed by atoms with van der Waals surface area (Å²) in [6.45, 7) is 5.16. The molecule has 1 aromatic heterocycles. The van der Waals surface area contributed by atoms with Gasteiger partial charge in [0.05, 0.1) is 23.9 Å². The Hall–Kier alpha value is -2.24. The van der Waals surface area contributed by atoms with Gasteiger partial charge in [-0.3, -0.25) is 14.2 Å². The Balaban J connectivity index is 1.84. The van der Waals surface area contributed by atoms with Gasteiger partial charge in [0.15, 0.2) is 0 Å². The second-order valence-electron chi connectivity index (χ2n) is 6.32. The average molecular weight is 417 g/mol. The van der Waals surface area contributed by atoms with Gasteiger partial charge in [-0.05, 0) is 37.9 Å². The predicted molar refractivity (Wildman–Crippen MR) is 98.4 cm³/mol. The first kappa shape index (κ1) is 20.5. The van der Waals surface area contributed by atoms with E-state index in [0.29, 0.717) is 17.7 Å². The van der Waals surface area contributed by atoms with Gasteiger partial charge in [0.2, 0.25) is 0 Å². The van der Waals surface area contributed by atoms with Crippen LogP contribution in [0, 0.1) is 0 Å². The summed E-state index contributed by atoms with van der Waals surface area (Å²) in [4.78, 5) is 10.2. The lowest BCUT2D eigenvalue weighted by atomic mass is 10.1. The minimum atomic E-state index is -5.67. The van der Waals surface area contributed by atoms with Gasteiger partial charge in [-0.25, -0.2) is 0 Å². The molecule has 0 bridgehead atoms. The molecule has 0 radical (unpaired) electrons. The van der Waals surface area contributed by atoms with Crippen molar-refractivity contribution in [3.63, 3.8) is 0 Å². The van der Waals surface area contributed by atoms with Crippen LogP contribution in [-0.4, -0.2) is 57.5 Å². The number of aromatic nitrogens is 1. The second-order valence-corrected chi connectivity index (χ2v) is 7.93. The summed E-state index contributed by atoms with van der Waals surface area (Å²) in [6.07, 6.45) is 0.422. The molecule has 0 unspecified atom stereocenters. The van der Waals surface area contributed by atoms with Crippen LogP contribution in [0.4, 0.5) is 24.5 Å². The van der Waals surface area contributed by atoms with Crippen LogP contribution in [0.15, 0.2) is 35.5 Å². The fourth-order valence-electron chi connectivity index (χ4n) is 3.11. The highest BCUT2D eigenvalue weighted by molar-refractivity contribution is 7.87. The molecule has 3 rings (SSSR count). The van der Waals surface area contributed by atoms with Crippen molar-refractivity contribution in [2.24, 2.45) is 4.99 Å². The standard InChI is InChI=1S/C17H18F3N3O4S/c1-11-8-23(9-12(27-11)10-26-28(24,25)17(18,19)20)15-6-5-14(21-2)16-13(15)4-3-7-22-16/h3-7,11-12H,2,8-10H2,1H3/t11-,12-/m1/s1. The highest BCUT2D eigenvalue weighted by Crippen LogP contribution is 2.34. The maximum atomic E-state index is 12.5. The van der Waals surface area contributed by atoms with Crippen molar-refractivity contribution in [2.45, 2.75) is 24.6 Å². The summed E-state index contributed by atoms with van der Waals surface area (Å²) in [7, 11) is -5.67. The van der Waals surface area contributed by atoms with Crippen molar-refractivity contribution in [3.8, 4) is 0 Å². The maximum Gasteiger partial charge on any atom is 0.523 e. The maximum absolute atomic E-state index is 12.5. The van der Waals surface area contributed by atoms with E-state index in [1.165, 1.54) is 0 Å². The van der Waals surface area contributed by atoms with Crippen LogP contribution in [0.2, 0.25) is 0 Å². The van der Waals surface area contributed by atoms with Crippen LogP contribution in [-0.2, 0) is 19.0 Å². The first-order valence-electron chi connectivity index (χ1n) is 8.33. The molecule has 152 valence electrons. The number of aliphatic imine (C=N–C) groups is 1. The highest BCUT2D eigenvalue weighted by atomic mass is 32.2. The Morgan fingerprint density at radius 1 is 1.36 bits per heavy atom.